The Bertz CT molecular complexity index is 749. The summed E-state index contributed by atoms with van der Waals surface area (Å²) in [5, 5.41) is 9.13. The number of ketones is 1. The molecule has 1 aliphatic heterocycles. The van der Waals surface area contributed by atoms with E-state index in [4.69, 9.17) is 5.26 Å². The fourth-order valence-electron chi connectivity index (χ4n) is 2.19. The zero-order valence-electron chi connectivity index (χ0n) is 12.4. The summed E-state index contributed by atoms with van der Waals surface area (Å²) < 4.78 is 22.7. The van der Waals surface area contributed by atoms with E-state index in [1.165, 1.54) is 11.0 Å². The highest BCUT2D eigenvalue weighted by molar-refractivity contribution is 7.91. The molecule has 0 radical (unpaired) electrons. The predicted molar refractivity (Wildman–Crippen MR) is 84.8 cm³/mol. The first kappa shape index (κ1) is 16.9. The van der Waals surface area contributed by atoms with Crippen molar-refractivity contribution in [3.8, 4) is 6.07 Å². The molecule has 1 amide bonds. The minimum atomic E-state index is -3.12. The van der Waals surface area contributed by atoms with Gasteiger partial charge in [-0.15, -0.1) is 0 Å². The molecular weight excluding hydrogens is 316 g/mol. The molecule has 1 saturated heterocycles. The van der Waals surface area contributed by atoms with Crippen molar-refractivity contribution in [2.75, 3.05) is 24.6 Å². The molecule has 1 aromatic rings. The molecule has 0 bridgehead atoms. The minimum absolute atomic E-state index is 0.0228. The summed E-state index contributed by atoms with van der Waals surface area (Å²) in [7, 11) is -3.12. The van der Waals surface area contributed by atoms with Crippen molar-refractivity contribution in [1.29, 1.82) is 5.26 Å². The van der Waals surface area contributed by atoms with Gasteiger partial charge in [-0.3, -0.25) is 9.59 Å². The van der Waals surface area contributed by atoms with Crippen LogP contribution in [0.4, 0.5) is 0 Å². The molecular formula is C16H16N2O4S. The largest absolute Gasteiger partial charge is 0.339 e. The van der Waals surface area contributed by atoms with Crippen molar-refractivity contribution in [1.82, 2.24) is 4.90 Å². The first-order valence-corrected chi connectivity index (χ1v) is 8.91. The molecule has 120 valence electrons. The number of amides is 1. The normalized spacial score (nSPS) is 18.3. The second kappa shape index (κ2) is 7.20. The number of nitrogens with zero attached hydrogens (tertiary/aromatic N) is 2. The van der Waals surface area contributed by atoms with Crippen molar-refractivity contribution in [2.45, 2.75) is 0 Å². The Kier molecular flexibility index (Phi) is 5.29. The number of benzene rings is 1. The van der Waals surface area contributed by atoms with Crippen molar-refractivity contribution >= 4 is 27.6 Å². The summed E-state index contributed by atoms with van der Waals surface area (Å²) in [6.07, 6.45) is 2.75. The zero-order chi connectivity index (χ0) is 16.9. The Morgan fingerprint density at radius 1 is 1.17 bits per heavy atom. The Labute approximate surface area is 134 Å². The van der Waals surface area contributed by atoms with E-state index in [2.05, 4.69) is 0 Å². The average molecular weight is 332 g/mol. The maximum Gasteiger partial charge on any atom is 0.247 e. The molecule has 1 aromatic carbocycles. The van der Waals surface area contributed by atoms with Crippen molar-refractivity contribution < 1.29 is 18.0 Å². The fourth-order valence-corrected chi connectivity index (χ4v) is 3.40. The van der Waals surface area contributed by atoms with E-state index in [0.717, 1.165) is 5.56 Å². The molecule has 7 heteroatoms. The molecule has 0 spiro atoms. The number of sulfone groups is 1. The predicted octanol–water partition coefficient (Wildman–Crippen LogP) is 0.666. The van der Waals surface area contributed by atoms with Crippen LogP contribution >= 0.6 is 0 Å². The Balaban J connectivity index is 2.04. The van der Waals surface area contributed by atoms with Gasteiger partial charge >= 0.3 is 0 Å². The number of rotatable bonds is 4. The lowest BCUT2D eigenvalue weighted by Gasteiger charge is -2.27. The highest BCUT2D eigenvalue weighted by Gasteiger charge is 2.32. The van der Waals surface area contributed by atoms with Crippen LogP contribution in [0.1, 0.15) is 5.56 Å². The molecule has 2 rings (SSSR count). The van der Waals surface area contributed by atoms with E-state index in [0.29, 0.717) is 0 Å². The maximum atomic E-state index is 12.2. The van der Waals surface area contributed by atoms with Gasteiger partial charge < -0.3 is 4.90 Å². The number of nitriles is 1. The average Bonchev–Trinajstić information content (AvgIpc) is 2.54. The number of allylic oxidation sites excluding steroid dienone is 1. The van der Waals surface area contributed by atoms with Crippen molar-refractivity contribution in [3.05, 3.63) is 42.0 Å². The summed E-state index contributed by atoms with van der Waals surface area (Å²) in [5.74, 6) is -2.94. The van der Waals surface area contributed by atoms with E-state index >= 15 is 0 Å². The van der Waals surface area contributed by atoms with Gasteiger partial charge in [0.05, 0.1) is 17.6 Å². The van der Waals surface area contributed by atoms with Gasteiger partial charge in [-0.2, -0.15) is 5.26 Å². The monoisotopic (exact) mass is 332 g/mol. The Morgan fingerprint density at radius 2 is 1.78 bits per heavy atom. The Hall–Kier alpha value is -2.46. The van der Waals surface area contributed by atoms with Crippen LogP contribution in [0, 0.1) is 17.2 Å². The first-order valence-electron chi connectivity index (χ1n) is 7.09. The van der Waals surface area contributed by atoms with E-state index in [9.17, 15) is 18.0 Å². The van der Waals surface area contributed by atoms with Gasteiger partial charge in [0.1, 0.15) is 0 Å². The number of carbonyl (C=O) groups excluding carboxylic acids is 2. The molecule has 1 fully saturated rings. The number of carbonyl (C=O) groups is 2. The summed E-state index contributed by atoms with van der Waals surface area (Å²) in [4.78, 5) is 25.6. The van der Waals surface area contributed by atoms with Gasteiger partial charge in [0.2, 0.25) is 5.91 Å². The molecule has 0 saturated carbocycles. The van der Waals surface area contributed by atoms with Gasteiger partial charge in [0.25, 0.3) is 0 Å². The van der Waals surface area contributed by atoms with Gasteiger partial charge in [0, 0.05) is 13.1 Å². The van der Waals surface area contributed by atoms with Crippen LogP contribution in [-0.2, 0) is 19.4 Å². The highest BCUT2D eigenvalue weighted by atomic mass is 32.2. The second-order valence-corrected chi connectivity index (χ2v) is 7.49. The van der Waals surface area contributed by atoms with Crippen molar-refractivity contribution in [3.63, 3.8) is 0 Å². The quantitative estimate of drug-likeness (QED) is 0.596. The SMILES string of the molecule is N#CC(C(=O)C=Cc1ccccc1)C(=O)N1CCS(=O)(=O)CC1. The highest BCUT2D eigenvalue weighted by Crippen LogP contribution is 2.11. The molecule has 1 aliphatic rings. The van der Waals surface area contributed by atoms with Crippen LogP contribution in [0.15, 0.2) is 36.4 Å². The second-order valence-electron chi connectivity index (χ2n) is 5.19. The van der Waals surface area contributed by atoms with Crippen LogP contribution in [0.2, 0.25) is 0 Å². The minimum Gasteiger partial charge on any atom is -0.339 e. The third-order valence-corrected chi connectivity index (χ3v) is 5.17. The van der Waals surface area contributed by atoms with E-state index in [1.807, 2.05) is 18.2 Å². The lowest BCUT2D eigenvalue weighted by atomic mass is 10.0. The molecule has 23 heavy (non-hydrogen) atoms. The Morgan fingerprint density at radius 3 is 2.35 bits per heavy atom. The summed E-state index contributed by atoms with van der Waals surface area (Å²) in [6.45, 7) is 0.0457. The van der Waals surface area contributed by atoms with Gasteiger partial charge in [-0.05, 0) is 11.6 Å². The fraction of sp³-hybridized carbons (Fsp3) is 0.312. The topological polar surface area (TPSA) is 95.3 Å². The zero-order valence-corrected chi connectivity index (χ0v) is 13.2. The molecule has 0 aliphatic carbocycles. The lowest BCUT2D eigenvalue weighted by molar-refractivity contribution is -0.137. The van der Waals surface area contributed by atoms with Gasteiger partial charge in [0.15, 0.2) is 21.5 Å². The third-order valence-electron chi connectivity index (χ3n) is 3.56. The third kappa shape index (κ3) is 4.50. The van der Waals surface area contributed by atoms with Crippen LogP contribution in [0.25, 0.3) is 6.08 Å². The van der Waals surface area contributed by atoms with Crippen molar-refractivity contribution in [2.24, 2.45) is 5.92 Å². The van der Waals surface area contributed by atoms with Gasteiger partial charge in [-0.1, -0.05) is 36.4 Å². The maximum absolute atomic E-state index is 12.2. The summed E-state index contributed by atoms with van der Waals surface area (Å²) in [5.41, 5.74) is 0.786. The molecule has 6 nitrogen and oxygen atoms in total. The summed E-state index contributed by atoms with van der Waals surface area (Å²) in [6, 6.07) is 10.8. The molecule has 0 aromatic heterocycles. The molecule has 1 unspecified atom stereocenters. The van der Waals surface area contributed by atoms with Gasteiger partial charge in [-0.25, -0.2) is 8.42 Å². The van der Waals surface area contributed by atoms with Crippen LogP contribution in [0.5, 0.6) is 0 Å². The molecule has 1 atom stereocenters. The number of hydrogen-bond acceptors (Lipinski definition) is 5. The standard InChI is InChI=1S/C16H16N2O4S/c17-12-14(15(19)7-6-13-4-2-1-3-5-13)16(20)18-8-10-23(21,22)11-9-18/h1-7,14H,8-11H2. The number of hydrogen-bond donors (Lipinski definition) is 0. The van der Waals surface area contributed by atoms with E-state index in [-0.39, 0.29) is 24.6 Å². The molecule has 0 N–H and O–H groups in total. The molecule has 1 heterocycles. The van der Waals surface area contributed by atoms with Crippen LogP contribution < -0.4 is 0 Å². The lowest BCUT2D eigenvalue weighted by Crippen LogP contribution is -2.47. The van der Waals surface area contributed by atoms with Crippen LogP contribution in [-0.4, -0.2) is 49.6 Å². The van der Waals surface area contributed by atoms with Crippen LogP contribution in [0.3, 0.4) is 0 Å². The van der Waals surface area contributed by atoms with E-state index in [1.54, 1.807) is 24.3 Å². The smallest absolute Gasteiger partial charge is 0.247 e. The first-order chi connectivity index (χ1) is 10.9. The van der Waals surface area contributed by atoms with E-state index < -0.39 is 27.4 Å². The summed E-state index contributed by atoms with van der Waals surface area (Å²) >= 11 is 0.